The van der Waals surface area contributed by atoms with Crippen molar-refractivity contribution in [1.82, 2.24) is 14.9 Å². The molecule has 0 radical (unpaired) electrons. The second-order valence-corrected chi connectivity index (χ2v) is 8.17. The first-order valence-corrected chi connectivity index (χ1v) is 11.5. The molecule has 5 nitrogen and oxygen atoms in total. The number of hydrogen-bond acceptors (Lipinski definition) is 6. The summed E-state index contributed by atoms with van der Waals surface area (Å²) in [6, 6.07) is 19.1. The van der Waals surface area contributed by atoms with Crippen molar-refractivity contribution in [3.63, 3.8) is 0 Å². The van der Waals surface area contributed by atoms with Gasteiger partial charge < -0.3 is 10.1 Å². The Morgan fingerprint density at radius 2 is 1.74 bits per heavy atom. The van der Waals surface area contributed by atoms with Crippen molar-refractivity contribution in [1.29, 1.82) is 0 Å². The van der Waals surface area contributed by atoms with E-state index in [0.29, 0.717) is 0 Å². The highest BCUT2D eigenvalue weighted by Gasteiger charge is 2.19. The van der Waals surface area contributed by atoms with E-state index in [1.165, 1.54) is 5.56 Å². The van der Waals surface area contributed by atoms with E-state index in [1.807, 2.05) is 12.1 Å². The molecular weight excluding hydrogens is 404 g/mol. The van der Waals surface area contributed by atoms with Crippen LogP contribution in [0.25, 0.3) is 21.3 Å². The summed E-state index contributed by atoms with van der Waals surface area (Å²) in [7, 11) is 1.68. The van der Waals surface area contributed by atoms with Gasteiger partial charge in [0, 0.05) is 17.5 Å². The number of benzene rings is 2. The predicted octanol–water partition coefficient (Wildman–Crippen LogP) is 5.86. The molecule has 4 aromatic rings. The number of fused-ring (bicyclic) bond motifs is 1. The molecule has 0 saturated carbocycles. The van der Waals surface area contributed by atoms with Crippen molar-refractivity contribution in [2.45, 2.75) is 19.9 Å². The number of aromatic nitrogens is 2. The number of ether oxygens (including phenoxy) is 1. The molecule has 0 aliphatic rings. The number of likely N-dealkylation sites (N-methyl/N-ethyl adjacent to an activating group) is 1. The maximum absolute atomic E-state index is 5.31. The van der Waals surface area contributed by atoms with E-state index < -0.39 is 0 Å². The van der Waals surface area contributed by atoms with Crippen LogP contribution in [0.2, 0.25) is 0 Å². The zero-order chi connectivity index (χ0) is 21.6. The quantitative estimate of drug-likeness (QED) is 0.359. The number of hydrogen-bond donors (Lipinski definition) is 1. The third-order valence-corrected chi connectivity index (χ3v) is 6.56. The Labute approximate surface area is 187 Å². The average molecular weight is 433 g/mol. The first-order valence-electron chi connectivity index (χ1n) is 10.6. The van der Waals surface area contributed by atoms with Gasteiger partial charge in [-0.15, -0.1) is 11.3 Å². The normalized spacial score (nSPS) is 12.3. The largest absolute Gasteiger partial charge is 0.497 e. The number of nitrogens with one attached hydrogen (secondary N) is 1. The smallest absolute Gasteiger partial charge is 0.138 e. The molecule has 2 aromatic carbocycles. The van der Waals surface area contributed by atoms with Gasteiger partial charge in [0.15, 0.2) is 0 Å². The fourth-order valence-electron chi connectivity index (χ4n) is 3.98. The van der Waals surface area contributed by atoms with Gasteiger partial charge in [0.05, 0.1) is 18.5 Å². The van der Waals surface area contributed by atoms with Gasteiger partial charge in [-0.3, -0.25) is 4.90 Å². The van der Waals surface area contributed by atoms with Crippen LogP contribution in [0.1, 0.15) is 25.5 Å². The summed E-state index contributed by atoms with van der Waals surface area (Å²) in [4.78, 5) is 12.6. The first kappa shape index (κ1) is 21.3. The highest BCUT2D eigenvalue weighted by Crippen LogP contribution is 2.37. The van der Waals surface area contributed by atoms with Crippen LogP contribution in [-0.4, -0.2) is 41.6 Å². The fraction of sp³-hybridized carbons (Fsp3) is 0.280. The molecular formula is C25H28N4OS. The second-order valence-electron chi connectivity index (χ2n) is 7.31. The second kappa shape index (κ2) is 9.90. The minimum absolute atomic E-state index is 0.268. The maximum Gasteiger partial charge on any atom is 0.138 e. The Morgan fingerprint density at radius 1 is 1.00 bits per heavy atom. The van der Waals surface area contributed by atoms with Gasteiger partial charge in [-0.25, -0.2) is 9.97 Å². The Bertz CT molecular complexity index is 1110. The molecule has 0 amide bonds. The van der Waals surface area contributed by atoms with E-state index in [9.17, 15) is 0 Å². The van der Waals surface area contributed by atoms with Crippen LogP contribution in [0, 0.1) is 0 Å². The summed E-state index contributed by atoms with van der Waals surface area (Å²) in [6.07, 6.45) is 1.65. The summed E-state index contributed by atoms with van der Waals surface area (Å²) >= 11 is 1.65. The summed E-state index contributed by atoms with van der Waals surface area (Å²) in [5.74, 6) is 1.73. The lowest BCUT2D eigenvalue weighted by Crippen LogP contribution is -2.33. The van der Waals surface area contributed by atoms with Crippen molar-refractivity contribution in [3.8, 4) is 16.9 Å². The number of nitrogens with zero attached hydrogens (tertiary/aromatic N) is 3. The van der Waals surface area contributed by atoms with Crippen LogP contribution >= 0.6 is 11.3 Å². The summed E-state index contributed by atoms with van der Waals surface area (Å²) in [5, 5.41) is 6.87. The van der Waals surface area contributed by atoms with Gasteiger partial charge >= 0.3 is 0 Å². The predicted molar refractivity (Wildman–Crippen MR) is 130 cm³/mol. The van der Waals surface area contributed by atoms with Crippen molar-refractivity contribution >= 4 is 27.4 Å². The molecule has 0 spiro atoms. The van der Waals surface area contributed by atoms with Gasteiger partial charge in [0.25, 0.3) is 0 Å². The first-order chi connectivity index (χ1) is 15.2. The van der Waals surface area contributed by atoms with Crippen LogP contribution in [0.3, 0.4) is 0 Å². The van der Waals surface area contributed by atoms with Crippen LogP contribution in [0.5, 0.6) is 5.75 Å². The van der Waals surface area contributed by atoms with Gasteiger partial charge in [0.1, 0.15) is 22.7 Å². The molecule has 1 N–H and O–H groups in total. The SMILES string of the molecule is CCN(CC)C(CNc1ncnc2scc(-c3ccc(OC)cc3)c12)c1ccccc1. The molecule has 0 bridgehead atoms. The minimum Gasteiger partial charge on any atom is -0.497 e. The van der Waals surface area contributed by atoms with E-state index in [2.05, 4.69) is 81.9 Å². The number of rotatable bonds is 9. The molecule has 0 aliphatic carbocycles. The molecule has 1 unspecified atom stereocenters. The van der Waals surface area contributed by atoms with Gasteiger partial charge in [0.2, 0.25) is 0 Å². The third-order valence-electron chi connectivity index (χ3n) is 5.67. The highest BCUT2D eigenvalue weighted by atomic mass is 32.1. The van der Waals surface area contributed by atoms with Crippen LogP contribution in [0.15, 0.2) is 66.3 Å². The van der Waals surface area contributed by atoms with Gasteiger partial charge in [-0.2, -0.15) is 0 Å². The van der Waals surface area contributed by atoms with E-state index in [-0.39, 0.29) is 6.04 Å². The molecule has 0 fully saturated rings. The molecule has 160 valence electrons. The lowest BCUT2D eigenvalue weighted by Gasteiger charge is -2.30. The number of anilines is 1. The topological polar surface area (TPSA) is 50.3 Å². The molecule has 2 heterocycles. The summed E-state index contributed by atoms with van der Waals surface area (Å²) < 4.78 is 5.31. The van der Waals surface area contributed by atoms with Crippen molar-refractivity contribution in [2.75, 3.05) is 32.1 Å². The average Bonchev–Trinajstić information content (AvgIpc) is 3.27. The van der Waals surface area contributed by atoms with E-state index in [0.717, 1.165) is 52.5 Å². The summed E-state index contributed by atoms with van der Waals surface area (Å²) in [6.45, 7) is 7.18. The van der Waals surface area contributed by atoms with Crippen molar-refractivity contribution in [2.24, 2.45) is 0 Å². The highest BCUT2D eigenvalue weighted by molar-refractivity contribution is 7.17. The zero-order valence-electron chi connectivity index (χ0n) is 18.2. The van der Waals surface area contributed by atoms with Crippen LogP contribution in [-0.2, 0) is 0 Å². The third kappa shape index (κ3) is 4.55. The van der Waals surface area contributed by atoms with Gasteiger partial charge in [-0.05, 0) is 36.3 Å². The lowest BCUT2D eigenvalue weighted by atomic mass is 10.0. The lowest BCUT2D eigenvalue weighted by molar-refractivity contribution is 0.228. The molecule has 4 rings (SSSR count). The van der Waals surface area contributed by atoms with Crippen molar-refractivity contribution in [3.05, 3.63) is 71.9 Å². The molecule has 0 aliphatic heterocycles. The van der Waals surface area contributed by atoms with Crippen LogP contribution < -0.4 is 10.1 Å². The Balaban J connectivity index is 1.66. The molecule has 2 aromatic heterocycles. The minimum atomic E-state index is 0.268. The van der Waals surface area contributed by atoms with E-state index >= 15 is 0 Å². The summed E-state index contributed by atoms with van der Waals surface area (Å²) in [5.41, 5.74) is 3.59. The zero-order valence-corrected chi connectivity index (χ0v) is 19.0. The Hall–Kier alpha value is -2.96. The van der Waals surface area contributed by atoms with E-state index in [4.69, 9.17) is 4.74 Å². The van der Waals surface area contributed by atoms with Crippen molar-refractivity contribution < 1.29 is 4.74 Å². The molecule has 1 atom stereocenters. The maximum atomic E-state index is 5.31. The fourth-order valence-corrected chi connectivity index (χ4v) is 4.90. The molecule has 31 heavy (non-hydrogen) atoms. The number of methoxy groups -OCH3 is 1. The van der Waals surface area contributed by atoms with E-state index in [1.54, 1.807) is 24.8 Å². The monoisotopic (exact) mass is 432 g/mol. The molecule has 0 saturated heterocycles. The number of thiophene rings is 1. The van der Waals surface area contributed by atoms with Gasteiger partial charge in [-0.1, -0.05) is 56.3 Å². The Kier molecular flexibility index (Phi) is 6.79. The Morgan fingerprint density at radius 3 is 2.42 bits per heavy atom. The van der Waals surface area contributed by atoms with Crippen LogP contribution in [0.4, 0.5) is 5.82 Å². The standard InChI is InChI=1S/C25H28N4OS/c1-4-29(5-2)22(19-9-7-6-8-10-19)15-26-24-23-21(16-31-25(23)28-17-27-24)18-11-13-20(30-3)14-12-18/h6-14,16-17,22H,4-5,15H2,1-3H3,(H,26,27,28). The molecule has 6 heteroatoms.